The molecule has 0 saturated heterocycles. The number of oxazole rings is 1. The van der Waals surface area contributed by atoms with Crippen LogP contribution in [0.5, 0.6) is 0 Å². The molecule has 0 amide bonds. The molecule has 0 aliphatic carbocycles. The van der Waals surface area contributed by atoms with Crippen LogP contribution >= 0.6 is 11.8 Å². The van der Waals surface area contributed by atoms with Gasteiger partial charge in [-0.2, -0.15) is 0 Å². The first-order valence-electron chi connectivity index (χ1n) is 8.89. The Bertz CT molecular complexity index is 1020. The van der Waals surface area contributed by atoms with Gasteiger partial charge in [-0.15, -0.1) is 5.10 Å². The standard InChI is InChI=1S/C21H20N4OS/c1-3-15-9-11-16(12-10-15)19-23-21(25-24-19)27-13-18-14(2)26-20(22-18)17-7-5-4-6-8-17/h4-12H,3,13H2,1-2H3,(H,23,24,25). The van der Waals surface area contributed by atoms with Crippen LogP contribution < -0.4 is 0 Å². The van der Waals surface area contributed by atoms with Crippen LogP contribution in [0.25, 0.3) is 22.8 Å². The largest absolute Gasteiger partial charge is 0.441 e. The van der Waals surface area contributed by atoms with Crippen molar-refractivity contribution >= 4 is 11.8 Å². The molecule has 0 fully saturated rings. The molecule has 0 atom stereocenters. The molecule has 0 aliphatic heterocycles. The first kappa shape index (κ1) is 17.5. The third-order valence-corrected chi connectivity index (χ3v) is 5.21. The van der Waals surface area contributed by atoms with Crippen molar-refractivity contribution in [2.24, 2.45) is 0 Å². The zero-order valence-corrected chi connectivity index (χ0v) is 16.1. The fraction of sp³-hybridized carbons (Fsp3) is 0.190. The Kier molecular flexibility index (Phi) is 5.07. The Hall–Kier alpha value is -2.86. The summed E-state index contributed by atoms with van der Waals surface area (Å²) in [6, 6.07) is 18.3. The van der Waals surface area contributed by atoms with E-state index < -0.39 is 0 Å². The molecule has 5 nitrogen and oxygen atoms in total. The maximum Gasteiger partial charge on any atom is 0.226 e. The average molecular weight is 376 g/mol. The lowest BCUT2D eigenvalue weighted by Crippen LogP contribution is -1.86. The summed E-state index contributed by atoms with van der Waals surface area (Å²) in [5.74, 6) is 2.92. The van der Waals surface area contributed by atoms with E-state index in [9.17, 15) is 0 Å². The smallest absolute Gasteiger partial charge is 0.226 e. The SMILES string of the molecule is CCc1ccc(-c2nc(SCc3nc(-c4ccccc4)oc3C)n[nH]2)cc1. The second-order valence-corrected chi connectivity index (χ2v) is 7.14. The van der Waals surface area contributed by atoms with Gasteiger partial charge in [-0.1, -0.05) is 61.2 Å². The van der Waals surface area contributed by atoms with E-state index in [0.29, 0.717) is 16.8 Å². The first-order valence-corrected chi connectivity index (χ1v) is 9.87. The normalized spacial score (nSPS) is 11.0. The van der Waals surface area contributed by atoms with Gasteiger partial charge in [0, 0.05) is 16.9 Å². The fourth-order valence-electron chi connectivity index (χ4n) is 2.74. The second-order valence-electron chi connectivity index (χ2n) is 6.19. The lowest BCUT2D eigenvalue weighted by atomic mass is 10.1. The van der Waals surface area contributed by atoms with E-state index in [2.05, 4.69) is 51.4 Å². The fourth-order valence-corrected chi connectivity index (χ4v) is 3.54. The predicted molar refractivity (Wildman–Crippen MR) is 107 cm³/mol. The predicted octanol–water partition coefficient (Wildman–Crippen LogP) is 5.29. The molecule has 0 unspecified atom stereocenters. The van der Waals surface area contributed by atoms with Gasteiger partial charge in [0.2, 0.25) is 11.0 Å². The third-order valence-electron chi connectivity index (χ3n) is 4.35. The second kappa shape index (κ2) is 7.80. The van der Waals surface area contributed by atoms with E-state index in [1.165, 1.54) is 5.56 Å². The number of rotatable bonds is 6. The van der Waals surface area contributed by atoms with Crippen LogP contribution in [-0.4, -0.2) is 20.2 Å². The van der Waals surface area contributed by atoms with Gasteiger partial charge in [-0.05, 0) is 31.0 Å². The molecule has 4 aromatic rings. The van der Waals surface area contributed by atoms with Gasteiger partial charge < -0.3 is 4.42 Å². The van der Waals surface area contributed by atoms with Crippen LogP contribution in [0.15, 0.2) is 64.2 Å². The highest BCUT2D eigenvalue weighted by molar-refractivity contribution is 7.98. The monoisotopic (exact) mass is 376 g/mol. The van der Waals surface area contributed by atoms with E-state index in [1.807, 2.05) is 37.3 Å². The van der Waals surface area contributed by atoms with Gasteiger partial charge in [0.1, 0.15) is 5.76 Å². The molecule has 4 rings (SSSR count). The molecule has 27 heavy (non-hydrogen) atoms. The number of hydrogen-bond acceptors (Lipinski definition) is 5. The molecule has 0 saturated carbocycles. The van der Waals surface area contributed by atoms with E-state index in [-0.39, 0.29) is 0 Å². The number of H-pyrrole nitrogens is 1. The topological polar surface area (TPSA) is 67.6 Å². The van der Waals surface area contributed by atoms with Crippen molar-refractivity contribution in [3.63, 3.8) is 0 Å². The van der Waals surface area contributed by atoms with Gasteiger partial charge in [0.05, 0.1) is 5.69 Å². The number of aryl methyl sites for hydroxylation is 2. The van der Waals surface area contributed by atoms with Crippen molar-refractivity contribution in [3.05, 3.63) is 71.6 Å². The number of aromatic amines is 1. The molecule has 0 aliphatic rings. The molecule has 0 bridgehead atoms. The van der Waals surface area contributed by atoms with Gasteiger partial charge >= 0.3 is 0 Å². The summed E-state index contributed by atoms with van der Waals surface area (Å²) in [4.78, 5) is 9.21. The average Bonchev–Trinajstić information content (AvgIpc) is 3.34. The van der Waals surface area contributed by atoms with E-state index >= 15 is 0 Å². The number of thioether (sulfide) groups is 1. The quantitative estimate of drug-likeness (QED) is 0.463. The number of nitrogens with one attached hydrogen (secondary N) is 1. The molecule has 2 aromatic carbocycles. The van der Waals surface area contributed by atoms with Gasteiger partial charge in [0.15, 0.2) is 5.82 Å². The Morgan fingerprint density at radius 1 is 0.963 bits per heavy atom. The maximum atomic E-state index is 5.81. The first-order chi connectivity index (χ1) is 13.2. The van der Waals surface area contributed by atoms with Gasteiger partial charge in [-0.25, -0.2) is 9.97 Å². The molecule has 136 valence electrons. The third kappa shape index (κ3) is 3.95. The van der Waals surface area contributed by atoms with E-state index in [0.717, 1.165) is 34.8 Å². The Labute approximate surface area is 162 Å². The van der Waals surface area contributed by atoms with Crippen LogP contribution in [0, 0.1) is 6.92 Å². The highest BCUT2D eigenvalue weighted by atomic mass is 32.2. The molecule has 2 aromatic heterocycles. The minimum Gasteiger partial charge on any atom is -0.441 e. The van der Waals surface area contributed by atoms with Crippen LogP contribution in [0.1, 0.15) is 23.9 Å². The molecule has 0 radical (unpaired) electrons. The van der Waals surface area contributed by atoms with Crippen LogP contribution in [0.3, 0.4) is 0 Å². The number of hydrogen-bond donors (Lipinski definition) is 1. The minimum absolute atomic E-state index is 0.649. The molecule has 6 heteroatoms. The van der Waals surface area contributed by atoms with Crippen molar-refractivity contribution in [2.45, 2.75) is 31.2 Å². The van der Waals surface area contributed by atoms with E-state index in [4.69, 9.17) is 4.42 Å². The summed E-state index contributed by atoms with van der Waals surface area (Å²) in [7, 11) is 0. The maximum absolute atomic E-state index is 5.81. The van der Waals surface area contributed by atoms with Crippen LogP contribution in [0.2, 0.25) is 0 Å². The van der Waals surface area contributed by atoms with Gasteiger partial charge in [0.25, 0.3) is 0 Å². The highest BCUT2D eigenvalue weighted by Crippen LogP contribution is 2.27. The Morgan fingerprint density at radius 2 is 1.74 bits per heavy atom. The Balaban J connectivity index is 1.45. The van der Waals surface area contributed by atoms with Crippen molar-refractivity contribution in [3.8, 4) is 22.8 Å². The molecule has 1 N–H and O–H groups in total. The van der Waals surface area contributed by atoms with Crippen molar-refractivity contribution in [2.75, 3.05) is 0 Å². The number of benzene rings is 2. The molecular formula is C21H20N4OS. The summed E-state index contributed by atoms with van der Waals surface area (Å²) in [5.41, 5.74) is 4.24. The summed E-state index contributed by atoms with van der Waals surface area (Å²) in [6.07, 6.45) is 1.03. The molecular weight excluding hydrogens is 356 g/mol. The Morgan fingerprint density at radius 3 is 2.48 bits per heavy atom. The summed E-state index contributed by atoms with van der Waals surface area (Å²) < 4.78 is 5.81. The van der Waals surface area contributed by atoms with Crippen LogP contribution in [-0.2, 0) is 12.2 Å². The lowest BCUT2D eigenvalue weighted by Gasteiger charge is -1.98. The van der Waals surface area contributed by atoms with Crippen molar-refractivity contribution < 1.29 is 4.42 Å². The molecule has 2 heterocycles. The lowest BCUT2D eigenvalue weighted by molar-refractivity contribution is 0.540. The summed E-state index contributed by atoms with van der Waals surface area (Å²) in [5, 5.41) is 8.03. The van der Waals surface area contributed by atoms with Gasteiger partial charge in [-0.3, -0.25) is 5.10 Å². The summed E-state index contributed by atoms with van der Waals surface area (Å²) >= 11 is 1.54. The zero-order valence-electron chi connectivity index (χ0n) is 15.3. The minimum atomic E-state index is 0.649. The number of aromatic nitrogens is 4. The van der Waals surface area contributed by atoms with E-state index in [1.54, 1.807) is 11.8 Å². The van der Waals surface area contributed by atoms with Crippen molar-refractivity contribution in [1.82, 2.24) is 20.2 Å². The zero-order chi connectivity index (χ0) is 18.6. The molecule has 0 spiro atoms. The van der Waals surface area contributed by atoms with Crippen LogP contribution in [0.4, 0.5) is 0 Å². The summed E-state index contributed by atoms with van der Waals surface area (Å²) in [6.45, 7) is 4.08. The highest BCUT2D eigenvalue weighted by Gasteiger charge is 2.13. The number of nitrogens with zero attached hydrogens (tertiary/aromatic N) is 3. The van der Waals surface area contributed by atoms with Crippen molar-refractivity contribution in [1.29, 1.82) is 0 Å².